The van der Waals surface area contributed by atoms with Crippen molar-refractivity contribution in [1.29, 1.82) is 0 Å². The molecule has 1 N–H and O–H groups in total. The van der Waals surface area contributed by atoms with E-state index in [1.165, 1.54) is 6.42 Å². The normalized spacial score (nSPS) is 28.5. The first-order valence-electron chi connectivity index (χ1n) is 8.72. The summed E-state index contributed by atoms with van der Waals surface area (Å²) >= 11 is 0. The van der Waals surface area contributed by atoms with Crippen molar-refractivity contribution in [3.8, 4) is 12.3 Å². The van der Waals surface area contributed by atoms with Gasteiger partial charge in [0.2, 0.25) is 0 Å². The van der Waals surface area contributed by atoms with Crippen LogP contribution in [0, 0.1) is 24.2 Å². The second-order valence-electron chi connectivity index (χ2n) is 6.98. The van der Waals surface area contributed by atoms with Crippen LogP contribution in [0.1, 0.15) is 23.2 Å². The standard InChI is InChI=1S/C21H22N2O/c1-2-15-14-23-10-9-18(15)12-20(23)13-22-21(24)19-8-7-16-5-3-4-6-17(16)11-19/h1,3-8,11,15,18,20H,9-10,12-14H2,(H,22,24)/t15-,18-,20+/m0/s1. The van der Waals surface area contributed by atoms with Gasteiger partial charge in [0, 0.05) is 30.6 Å². The molecule has 3 aliphatic rings. The first kappa shape index (κ1) is 15.2. The van der Waals surface area contributed by atoms with Crippen molar-refractivity contribution in [3.05, 3.63) is 48.0 Å². The van der Waals surface area contributed by atoms with Crippen LogP contribution in [0.25, 0.3) is 10.8 Å². The minimum Gasteiger partial charge on any atom is -0.350 e. The molecule has 0 aromatic heterocycles. The summed E-state index contributed by atoms with van der Waals surface area (Å²) in [6.45, 7) is 2.80. The van der Waals surface area contributed by atoms with Crippen molar-refractivity contribution >= 4 is 16.7 Å². The molecule has 2 aromatic rings. The Hall–Kier alpha value is -2.31. The average Bonchev–Trinajstić information content (AvgIpc) is 2.66. The molecule has 1 amide bonds. The van der Waals surface area contributed by atoms with Crippen LogP contribution >= 0.6 is 0 Å². The lowest BCUT2D eigenvalue weighted by Crippen LogP contribution is -2.56. The fourth-order valence-corrected chi connectivity index (χ4v) is 4.18. The molecule has 3 aliphatic heterocycles. The van der Waals surface area contributed by atoms with Gasteiger partial charge in [-0.1, -0.05) is 30.3 Å². The van der Waals surface area contributed by atoms with Crippen molar-refractivity contribution in [1.82, 2.24) is 10.2 Å². The fraction of sp³-hybridized carbons (Fsp3) is 0.381. The van der Waals surface area contributed by atoms with Gasteiger partial charge in [0.15, 0.2) is 0 Å². The van der Waals surface area contributed by atoms with Gasteiger partial charge in [0.1, 0.15) is 0 Å². The second-order valence-corrected chi connectivity index (χ2v) is 6.98. The van der Waals surface area contributed by atoms with E-state index in [9.17, 15) is 4.79 Å². The number of amides is 1. The Morgan fingerprint density at radius 1 is 1.25 bits per heavy atom. The number of fused-ring (bicyclic) bond motifs is 4. The summed E-state index contributed by atoms with van der Waals surface area (Å²) in [6.07, 6.45) is 7.93. The van der Waals surface area contributed by atoms with Gasteiger partial charge in [0.05, 0.1) is 0 Å². The number of nitrogens with zero attached hydrogens (tertiary/aromatic N) is 1. The van der Waals surface area contributed by atoms with Gasteiger partial charge < -0.3 is 5.32 Å². The van der Waals surface area contributed by atoms with Crippen LogP contribution in [0.5, 0.6) is 0 Å². The topological polar surface area (TPSA) is 32.3 Å². The highest BCUT2D eigenvalue weighted by Gasteiger charge is 2.39. The largest absolute Gasteiger partial charge is 0.350 e. The van der Waals surface area contributed by atoms with E-state index in [1.807, 2.05) is 36.4 Å². The quantitative estimate of drug-likeness (QED) is 0.883. The molecule has 0 radical (unpaired) electrons. The second kappa shape index (κ2) is 6.30. The zero-order valence-corrected chi connectivity index (χ0v) is 13.7. The number of benzene rings is 2. The number of carbonyl (C=O) groups is 1. The zero-order chi connectivity index (χ0) is 16.5. The number of nitrogens with one attached hydrogen (secondary N) is 1. The molecule has 0 saturated carbocycles. The minimum absolute atomic E-state index is 0.0110. The van der Waals surface area contributed by atoms with Crippen molar-refractivity contribution in [2.24, 2.45) is 11.8 Å². The Morgan fingerprint density at radius 3 is 2.83 bits per heavy atom. The maximum Gasteiger partial charge on any atom is 0.251 e. The number of piperidine rings is 3. The van der Waals surface area contributed by atoms with Crippen LogP contribution in [-0.4, -0.2) is 36.5 Å². The Balaban J connectivity index is 1.41. The molecule has 1 unspecified atom stereocenters. The van der Waals surface area contributed by atoms with Crippen molar-refractivity contribution in [2.75, 3.05) is 19.6 Å². The lowest BCUT2D eigenvalue weighted by atomic mass is 9.76. The third kappa shape index (κ3) is 2.79. The Kier molecular flexibility index (Phi) is 4.00. The summed E-state index contributed by atoms with van der Waals surface area (Å²) < 4.78 is 0. The number of hydrogen-bond donors (Lipinski definition) is 1. The van der Waals surface area contributed by atoms with Crippen LogP contribution in [-0.2, 0) is 0 Å². The summed E-state index contributed by atoms with van der Waals surface area (Å²) in [5, 5.41) is 5.38. The predicted molar refractivity (Wildman–Crippen MR) is 96.7 cm³/mol. The van der Waals surface area contributed by atoms with E-state index in [2.05, 4.69) is 22.2 Å². The van der Waals surface area contributed by atoms with Gasteiger partial charge >= 0.3 is 0 Å². The molecule has 2 bridgehead atoms. The van der Waals surface area contributed by atoms with Crippen molar-refractivity contribution in [2.45, 2.75) is 18.9 Å². The molecule has 5 rings (SSSR count). The number of rotatable bonds is 3. The fourth-order valence-electron chi connectivity index (χ4n) is 4.18. The monoisotopic (exact) mass is 318 g/mol. The Bertz CT molecular complexity index is 807. The van der Waals surface area contributed by atoms with E-state index >= 15 is 0 Å². The van der Waals surface area contributed by atoms with Crippen LogP contribution in [0.3, 0.4) is 0 Å². The summed E-state index contributed by atoms with van der Waals surface area (Å²) in [4.78, 5) is 14.9. The molecule has 3 heteroatoms. The molecule has 3 heterocycles. The van der Waals surface area contributed by atoms with Gasteiger partial charge in [-0.05, 0) is 48.2 Å². The third-order valence-electron chi connectivity index (χ3n) is 5.60. The van der Waals surface area contributed by atoms with E-state index in [4.69, 9.17) is 6.42 Å². The first-order chi connectivity index (χ1) is 11.7. The molecule has 3 saturated heterocycles. The van der Waals surface area contributed by atoms with Crippen LogP contribution in [0.15, 0.2) is 42.5 Å². The maximum atomic E-state index is 12.5. The van der Waals surface area contributed by atoms with Crippen molar-refractivity contribution in [3.63, 3.8) is 0 Å². The smallest absolute Gasteiger partial charge is 0.251 e. The maximum absolute atomic E-state index is 12.5. The molecule has 122 valence electrons. The molecule has 2 aromatic carbocycles. The summed E-state index contributed by atoms with van der Waals surface area (Å²) in [5.74, 6) is 3.97. The molecular weight excluding hydrogens is 296 g/mol. The van der Waals surface area contributed by atoms with Gasteiger partial charge in [0.25, 0.3) is 5.91 Å². The molecule has 0 spiro atoms. The van der Waals surface area contributed by atoms with E-state index in [0.29, 0.717) is 24.4 Å². The van der Waals surface area contributed by atoms with Crippen LogP contribution < -0.4 is 5.32 Å². The number of carbonyl (C=O) groups excluding carboxylic acids is 1. The molecule has 4 atom stereocenters. The number of terminal acetylenes is 1. The van der Waals surface area contributed by atoms with E-state index < -0.39 is 0 Å². The highest BCUT2D eigenvalue weighted by Crippen LogP contribution is 2.35. The first-order valence-corrected chi connectivity index (χ1v) is 8.72. The summed E-state index contributed by atoms with van der Waals surface area (Å²) in [5.41, 5.74) is 0.728. The molecule has 24 heavy (non-hydrogen) atoms. The predicted octanol–water partition coefficient (Wildman–Crippen LogP) is 2.91. The molecule has 3 fully saturated rings. The van der Waals surface area contributed by atoms with E-state index in [0.717, 1.165) is 35.8 Å². The number of hydrogen-bond acceptors (Lipinski definition) is 2. The molecule has 0 aliphatic carbocycles. The van der Waals surface area contributed by atoms with Crippen molar-refractivity contribution < 1.29 is 4.79 Å². The van der Waals surface area contributed by atoms with E-state index in [1.54, 1.807) is 0 Å². The highest BCUT2D eigenvalue weighted by molar-refractivity contribution is 5.98. The summed E-state index contributed by atoms with van der Waals surface area (Å²) in [6, 6.07) is 14.4. The van der Waals surface area contributed by atoms with Crippen LogP contribution in [0.4, 0.5) is 0 Å². The lowest BCUT2D eigenvalue weighted by Gasteiger charge is -2.48. The summed E-state index contributed by atoms with van der Waals surface area (Å²) in [7, 11) is 0. The average molecular weight is 318 g/mol. The van der Waals surface area contributed by atoms with Gasteiger partial charge in [-0.3, -0.25) is 9.69 Å². The minimum atomic E-state index is 0.0110. The lowest BCUT2D eigenvalue weighted by molar-refractivity contribution is 0.0227. The SMILES string of the molecule is C#C[C@H]1CN2CC[C@H]1C[C@@H]2CNC(=O)c1ccc2ccccc2c1. The van der Waals surface area contributed by atoms with Gasteiger partial charge in [-0.2, -0.15) is 0 Å². The van der Waals surface area contributed by atoms with Gasteiger partial charge in [-0.15, -0.1) is 12.3 Å². The van der Waals surface area contributed by atoms with Gasteiger partial charge in [-0.25, -0.2) is 0 Å². The third-order valence-corrected chi connectivity index (χ3v) is 5.60. The Labute approximate surface area is 143 Å². The zero-order valence-electron chi connectivity index (χ0n) is 13.7. The highest BCUT2D eigenvalue weighted by atomic mass is 16.1. The van der Waals surface area contributed by atoms with Crippen LogP contribution in [0.2, 0.25) is 0 Å². The molecular formula is C21H22N2O. The van der Waals surface area contributed by atoms with E-state index in [-0.39, 0.29) is 5.91 Å². The Morgan fingerprint density at radius 2 is 2.08 bits per heavy atom. The molecule has 3 nitrogen and oxygen atoms in total.